The third kappa shape index (κ3) is 3.57. The minimum atomic E-state index is 0.178. The number of carbonyl (C=O) groups excluding carboxylic acids is 1. The van der Waals surface area contributed by atoms with Crippen LogP contribution in [0, 0.1) is 6.92 Å². The van der Waals surface area contributed by atoms with Gasteiger partial charge in [-0.3, -0.25) is 9.69 Å². The summed E-state index contributed by atoms with van der Waals surface area (Å²) >= 11 is 0. The lowest BCUT2D eigenvalue weighted by molar-refractivity contribution is -0.132. The van der Waals surface area contributed by atoms with Gasteiger partial charge in [0.2, 0.25) is 5.91 Å². The van der Waals surface area contributed by atoms with Crippen molar-refractivity contribution in [1.82, 2.24) is 9.80 Å². The fourth-order valence-electron chi connectivity index (χ4n) is 2.31. The lowest BCUT2D eigenvalue weighted by Gasteiger charge is -2.34. The molecule has 0 atom stereocenters. The van der Waals surface area contributed by atoms with Crippen LogP contribution >= 0.6 is 0 Å². The van der Waals surface area contributed by atoms with E-state index < -0.39 is 0 Å². The molecule has 0 aromatic heterocycles. The molecule has 1 aromatic carbocycles. The van der Waals surface area contributed by atoms with E-state index in [4.69, 9.17) is 0 Å². The highest BCUT2D eigenvalue weighted by Crippen LogP contribution is 2.06. The Morgan fingerprint density at radius 2 is 1.78 bits per heavy atom. The van der Waals surface area contributed by atoms with Crippen LogP contribution in [0.1, 0.15) is 12.0 Å². The Labute approximate surface area is 109 Å². The molecule has 1 aliphatic heterocycles. The molecular weight excluding hydrogens is 224 g/mol. The van der Waals surface area contributed by atoms with Crippen LogP contribution in [0.4, 0.5) is 0 Å². The zero-order valence-corrected chi connectivity index (χ0v) is 10.8. The summed E-state index contributed by atoms with van der Waals surface area (Å²) in [4.78, 5) is 15.9. The van der Waals surface area contributed by atoms with E-state index in [1.165, 1.54) is 5.56 Å². The van der Waals surface area contributed by atoms with E-state index >= 15 is 0 Å². The molecule has 1 heterocycles. The molecule has 0 N–H and O–H groups in total. The number of hydrogen-bond acceptors (Lipinski definition) is 2. The van der Waals surface area contributed by atoms with Gasteiger partial charge >= 0.3 is 0 Å². The lowest BCUT2D eigenvalue weighted by atomic mass is 10.1. The molecule has 0 aliphatic carbocycles. The number of carbonyl (C=O) groups is 1. The van der Waals surface area contributed by atoms with Gasteiger partial charge in [0.05, 0.1) is 0 Å². The van der Waals surface area contributed by atoms with Crippen molar-refractivity contribution >= 4 is 5.91 Å². The number of piperazine rings is 1. The van der Waals surface area contributed by atoms with Crippen molar-refractivity contribution in [2.24, 2.45) is 0 Å². The highest BCUT2D eigenvalue weighted by Gasteiger charge is 2.19. The molecular formula is C15H21N2O. The third-order valence-electron chi connectivity index (χ3n) is 3.50. The van der Waals surface area contributed by atoms with E-state index in [1.54, 1.807) is 0 Å². The van der Waals surface area contributed by atoms with Gasteiger partial charge in [0.25, 0.3) is 0 Å². The number of rotatable bonds is 4. The summed E-state index contributed by atoms with van der Waals surface area (Å²) in [6.07, 6.45) is 1.47. The summed E-state index contributed by atoms with van der Waals surface area (Å²) in [6.45, 7) is 8.40. The summed E-state index contributed by atoms with van der Waals surface area (Å²) in [6, 6.07) is 10.6. The number of hydrogen-bond donors (Lipinski definition) is 0. The summed E-state index contributed by atoms with van der Waals surface area (Å²) in [5.74, 6) is 0.178. The monoisotopic (exact) mass is 245 g/mol. The highest BCUT2D eigenvalue weighted by molar-refractivity contribution is 5.76. The van der Waals surface area contributed by atoms with Crippen molar-refractivity contribution in [1.29, 1.82) is 0 Å². The zero-order valence-electron chi connectivity index (χ0n) is 10.8. The van der Waals surface area contributed by atoms with Crippen molar-refractivity contribution in [3.8, 4) is 0 Å². The van der Waals surface area contributed by atoms with Gasteiger partial charge in [-0.15, -0.1) is 0 Å². The molecule has 1 saturated heterocycles. The summed E-state index contributed by atoms with van der Waals surface area (Å²) in [7, 11) is 0. The largest absolute Gasteiger partial charge is 0.340 e. The number of benzene rings is 1. The van der Waals surface area contributed by atoms with Gasteiger partial charge in [0.1, 0.15) is 0 Å². The van der Waals surface area contributed by atoms with E-state index in [1.807, 2.05) is 11.0 Å². The summed E-state index contributed by atoms with van der Waals surface area (Å²) < 4.78 is 0. The Kier molecular flexibility index (Phi) is 4.76. The van der Waals surface area contributed by atoms with Crippen LogP contribution in [-0.4, -0.2) is 48.4 Å². The van der Waals surface area contributed by atoms with Gasteiger partial charge in [-0.05, 0) is 18.9 Å². The Morgan fingerprint density at radius 1 is 1.11 bits per heavy atom. The topological polar surface area (TPSA) is 23.6 Å². The first kappa shape index (κ1) is 13.1. The average Bonchev–Trinajstić information content (AvgIpc) is 2.46. The smallest absolute Gasteiger partial charge is 0.222 e. The van der Waals surface area contributed by atoms with Crippen LogP contribution in [0.25, 0.3) is 0 Å². The molecule has 1 amide bonds. The van der Waals surface area contributed by atoms with Gasteiger partial charge in [0.15, 0.2) is 0 Å². The lowest BCUT2D eigenvalue weighted by Crippen LogP contribution is -2.48. The SMILES string of the molecule is [CH2]CC(=O)N1CCN(CCc2ccccc2)CC1. The molecule has 0 spiro atoms. The molecule has 1 fully saturated rings. The van der Waals surface area contributed by atoms with Crippen molar-refractivity contribution in [3.63, 3.8) is 0 Å². The third-order valence-corrected chi connectivity index (χ3v) is 3.50. The fourth-order valence-corrected chi connectivity index (χ4v) is 2.31. The maximum Gasteiger partial charge on any atom is 0.222 e. The second kappa shape index (κ2) is 6.55. The van der Waals surface area contributed by atoms with Crippen LogP contribution in [0.3, 0.4) is 0 Å². The first-order valence-electron chi connectivity index (χ1n) is 6.63. The molecule has 97 valence electrons. The zero-order chi connectivity index (χ0) is 12.8. The second-order valence-electron chi connectivity index (χ2n) is 4.71. The second-order valence-corrected chi connectivity index (χ2v) is 4.71. The molecule has 0 saturated carbocycles. The van der Waals surface area contributed by atoms with Gasteiger partial charge in [-0.1, -0.05) is 30.3 Å². The standard InChI is InChI=1S/C15H21N2O/c1-2-15(18)17-12-10-16(11-13-17)9-8-14-6-4-3-5-7-14/h3-7H,1-2,8-13H2. The molecule has 2 rings (SSSR count). The molecule has 1 radical (unpaired) electrons. The normalized spacial score (nSPS) is 16.8. The fraction of sp³-hybridized carbons (Fsp3) is 0.467. The van der Waals surface area contributed by atoms with Crippen molar-refractivity contribution in [2.75, 3.05) is 32.7 Å². The molecule has 3 nitrogen and oxygen atoms in total. The van der Waals surface area contributed by atoms with Gasteiger partial charge in [0, 0.05) is 39.1 Å². The Hall–Kier alpha value is -1.35. The Morgan fingerprint density at radius 3 is 2.39 bits per heavy atom. The van der Waals surface area contributed by atoms with Crippen LogP contribution < -0.4 is 0 Å². The molecule has 1 aromatic rings. The average molecular weight is 245 g/mol. The van der Waals surface area contributed by atoms with Gasteiger partial charge < -0.3 is 4.90 Å². The predicted molar refractivity (Wildman–Crippen MR) is 73.1 cm³/mol. The molecule has 0 bridgehead atoms. The van der Waals surface area contributed by atoms with E-state index in [0.29, 0.717) is 6.42 Å². The minimum Gasteiger partial charge on any atom is -0.340 e. The highest BCUT2D eigenvalue weighted by atomic mass is 16.2. The number of amides is 1. The first-order chi connectivity index (χ1) is 8.79. The van der Waals surface area contributed by atoms with Crippen LogP contribution in [0.2, 0.25) is 0 Å². The van der Waals surface area contributed by atoms with Crippen LogP contribution in [-0.2, 0) is 11.2 Å². The molecule has 1 aliphatic rings. The maximum atomic E-state index is 11.5. The van der Waals surface area contributed by atoms with E-state index in [2.05, 4.69) is 36.1 Å². The van der Waals surface area contributed by atoms with Crippen LogP contribution in [0.15, 0.2) is 30.3 Å². The van der Waals surface area contributed by atoms with E-state index in [9.17, 15) is 4.79 Å². The minimum absolute atomic E-state index is 0.178. The number of nitrogens with zero attached hydrogens (tertiary/aromatic N) is 2. The summed E-state index contributed by atoms with van der Waals surface area (Å²) in [5, 5.41) is 0. The van der Waals surface area contributed by atoms with Crippen molar-refractivity contribution in [2.45, 2.75) is 12.8 Å². The van der Waals surface area contributed by atoms with Gasteiger partial charge in [-0.2, -0.15) is 0 Å². The molecule has 18 heavy (non-hydrogen) atoms. The first-order valence-corrected chi connectivity index (χ1v) is 6.63. The van der Waals surface area contributed by atoms with E-state index in [-0.39, 0.29) is 5.91 Å². The molecule has 0 unspecified atom stereocenters. The van der Waals surface area contributed by atoms with Crippen LogP contribution in [0.5, 0.6) is 0 Å². The summed E-state index contributed by atoms with van der Waals surface area (Å²) in [5.41, 5.74) is 1.38. The molecule has 3 heteroatoms. The van der Waals surface area contributed by atoms with Gasteiger partial charge in [-0.25, -0.2) is 0 Å². The Balaban J connectivity index is 1.72. The predicted octanol–water partition coefficient (Wildman–Crippen LogP) is 1.60. The Bertz CT molecular complexity index is 369. The maximum absolute atomic E-state index is 11.5. The van der Waals surface area contributed by atoms with E-state index in [0.717, 1.165) is 39.1 Å². The van der Waals surface area contributed by atoms with Crippen molar-refractivity contribution < 1.29 is 4.79 Å². The van der Waals surface area contributed by atoms with Crippen molar-refractivity contribution in [3.05, 3.63) is 42.8 Å². The quantitative estimate of drug-likeness (QED) is 0.804.